The van der Waals surface area contributed by atoms with Crippen molar-refractivity contribution >= 4 is 5.96 Å². The number of nitriles is 1. The van der Waals surface area contributed by atoms with Gasteiger partial charge in [-0.3, -0.25) is 0 Å². The molecule has 0 saturated carbocycles. The Bertz CT molecular complexity index is 152. The lowest BCUT2D eigenvalue weighted by Gasteiger charge is -2.17. The molecule has 4 nitrogen and oxygen atoms in total. The smallest absolute Gasteiger partial charge is 0.209 e. The molecule has 0 amide bonds. The molecule has 2 N–H and O–H groups in total. The average Bonchev–Trinajstić information content (AvgIpc) is 1.91. The van der Waals surface area contributed by atoms with Crippen molar-refractivity contribution < 1.29 is 0 Å². The summed E-state index contributed by atoms with van der Waals surface area (Å²) in [6, 6.07) is 0. The predicted octanol–water partition coefficient (Wildman–Crippen LogP) is 0.124. The summed E-state index contributed by atoms with van der Waals surface area (Å²) < 4.78 is 0. The summed E-state index contributed by atoms with van der Waals surface area (Å²) in [4.78, 5) is 5.20. The molecule has 0 aliphatic heterocycles. The van der Waals surface area contributed by atoms with Gasteiger partial charge in [0.05, 0.1) is 0 Å². The Kier molecular flexibility index (Phi) is 4.05. The number of guanidine groups is 1. The van der Waals surface area contributed by atoms with Crippen molar-refractivity contribution in [1.82, 2.24) is 4.90 Å². The van der Waals surface area contributed by atoms with E-state index >= 15 is 0 Å². The maximum Gasteiger partial charge on any atom is 0.209 e. The van der Waals surface area contributed by atoms with E-state index in [2.05, 4.69) is 4.99 Å². The SMILES string of the molecule is CCN(CC)/C(N)=N/C#N. The molecular formula is C6H12N4. The van der Waals surface area contributed by atoms with E-state index in [1.54, 1.807) is 6.19 Å². The van der Waals surface area contributed by atoms with Crippen LogP contribution in [0.5, 0.6) is 0 Å². The van der Waals surface area contributed by atoms with Gasteiger partial charge in [-0.25, -0.2) is 0 Å². The highest BCUT2D eigenvalue weighted by atomic mass is 15.2. The van der Waals surface area contributed by atoms with Crippen molar-refractivity contribution in [2.75, 3.05) is 13.1 Å². The van der Waals surface area contributed by atoms with Gasteiger partial charge in [-0.2, -0.15) is 5.26 Å². The molecule has 0 bridgehead atoms. The first-order valence-electron chi connectivity index (χ1n) is 3.23. The first-order valence-corrected chi connectivity index (χ1v) is 3.23. The topological polar surface area (TPSA) is 65.4 Å². The highest BCUT2D eigenvalue weighted by Gasteiger charge is 1.99. The van der Waals surface area contributed by atoms with E-state index in [9.17, 15) is 0 Å². The van der Waals surface area contributed by atoms with Gasteiger partial charge in [0.25, 0.3) is 0 Å². The third-order valence-electron chi connectivity index (χ3n) is 1.25. The minimum absolute atomic E-state index is 0.299. The number of hydrogen-bond acceptors (Lipinski definition) is 2. The Hall–Kier alpha value is -1.24. The van der Waals surface area contributed by atoms with Crippen LogP contribution in [-0.4, -0.2) is 23.9 Å². The molecule has 0 aromatic rings. The van der Waals surface area contributed by atoms with Gasteiger partial charge >= 0.3 is 0 Å². The summed E-state index contributed by atoms with van der Waals surface area (Å²) in [5.41, 5.74) is 5.40. The van der Waals surface area contributed by atoms with Crippen molar-refractivity contribution in [1.29, 1.82) is 5.26 Å². The van der Waals surface area contributed by atoms with E-state index in [-0.39, 0.29) is 0 Å². The molecule has 10 heavy (non-hydrogen) atoms. The lowest BCUT2D eigenvalue weighted by atomic mass is 10.5. The van der Waals surface area contributed by atoms with E-state index in [0.29, 0.717) is 5.96 Å². The quantitative estimate of drug-likeness (QED) is 0.336. The Morgan fingerprint density at radius 2 is 2.10 bits per heavy atom. The number of hydrogen-bond donors (Lipinski definition) is 1. The van der Waals surface area contributed by atoms with Crippen LogP contribution >= 0.6 is 0 Å². The second-order valence-electron chi connectivity index (χ2n) is 1.74. The lowest BCUT2D eigenvalue weighted by Crippen LogP contribution is -2.36. The zero-order valence-corrected chi connectivity index (χ0v) is 6.33. The molecule has 0 spiro atoms. The molecule has 0 aliphatic carbocycles. The standard InChI is InChI=1S/C6H12N4/c1-3-10(4-2)6(8)9-5-7/h3-4H2,1-2H3,(H2,8,9). The van der Waals surface area contributed by atoms with Gasteiger partial charge in [-0.05, 0) is 13.8 Å². The molecule has 56 valence electrons. The fourth-order valence-electron chi connectivity index (χ4n) is 0.670. The Morgan fingerprint density at radius 1 is 1.60 bits per heavy atom. The van der Waals surface area contributed by atoms with Crippen LogP contribution in [0.1, 0.15) is 13.8 Å². The molecule has 0 aliphatic rings. The fourth-order valence-corrected chi connectivity index (χ4v) is 0.670. The summed E-state index contributed by atoms with van der Waals surface area (Å²) in [6.07, 6.45) is 1.64. The van der Waals surface area contributed by atoms with Crippen molar-refractivity contribution in [3.8, 4) is 6.19 Å². The minimum Gasteiger partial charge on any atom is -0.369 e. The first kappa shape index (κ1) is 8.76. The molecule has 0 aromatic heterocycles. The molecule has 0 rings (SSSR count). The van der Waals surface area contributed by atoms with Crippen LogP contribution in [0, 0.1) is 11.5 Å². The van der Waals surface area contributed by atoms with Gasteiger partial charge in [0.15, 0.2) is 0 Å². The summed E-state index contributed by atoms with van der Waals surface area (Å²) >= 11 is 0. The second-order valence-corrected chi connectivity index (χ2v) is 1.74. The molecule has 0 radical (unpaired) electrons. The zero-order valence-electron chi connectivity index (χ0n) is 6.33. The van der Waals surface area contributed by atoms with Gasteiger partial charge < -0.3 is 10.6 Å². The highest BCUT2D eigenvalue weighted by molar-refractivity contribution is 5.78. The van der Waals surface area contributed by atoms with E-state index in [0.717, 1.165) is 13.1 Å². The van der Waals surface area contributed by atoms with E-state index in [4.69, 9.17) is 11.0 Å². The van der Waals surface area contributed by atoms with E-state index < -0.39 is 0 Å². The summed E-state index contributed by atoms with van der Waals surface area (Å²) in [6.45, 7) is 5.49. The zero-order chi connectivity index (χ0) is 7.98. The van der Waals surface area contributed by atoms with Gasteiger partial charge in [0, 0.05) is 13.1 Å². The second kappa shape index (κ2) is 4.62. The minimum atomic E-state index is 0.299. The molecule has 0 atom stereocenters. The van der Waals surface area contributed by atoms with Crippen LogP contribution in [0.25, 0.3) is 0 Å². The number of aliphatic imine (C=N–C) groups is 1. The number of nitrogens with zero attached hydrogens (tertiary/aromatic N) is 3. The Balaban J connectivity index is 4.04. The Morgan fingerprint density at radius 3 is 2.40 bits per heavy atom. The maximum atomic E-state index is 8.13. The number of rotatable bonds is 2. The van der Waals surface area contributed by atoms with Crippen molar-refractivity contribution in [2.45, 2.75) is 13.8 Å². The van der Waals surface area contributed by atoms with Crippen LogP contribution in [0.3, 0.4) is 0 Å². The van der Waals surface area contributed by atoms with Crippen molar-refractivity contribution in [2.24, 2.45) is 10.7 Å². The van der Waals surface area contributed by atoms with Crippen LogP contribution in [-0.2, 0) is 0 Å². The van der Waals surface area contributed by atoms with Crippen LogP contribution in [0.4, 0.5) is 0 Å². The van der Waals surface area contributed by atoms with E-state index in [1.165, 1.54) is 0 Å². The highest BCUT2D eigenvalue weighted by Crippen LogP contribution is 1.84. The molecule has 4 heteroatoms. The fraction of sp³-hybridized carbons (Fsp3) is 0.667. The molecule has 0 fully saturated rings. The van der Waals surface area contributed by atoms with Gasteiger partial charge in [-0.1, -0.05) is 0 Å². The van der Waals surface area contributed by atoms with Crippen molar-refractivity contribution in [3.05, 3.63) is 0 Å². The summed E-state index contributed by atoms with van der Waals surface area (Å²) in [5, 5.41) is 8.13. The largest absolute Gasteiger partial charge is 0.369 e. The summed E-state index contributed by atoms with van der Waals surface area (Å²) in [5.74, 6) is 0.299. The summed E-state index contributed by atoms with van der Waals surface area (Å²) in [7, 11) is 0. The van der Waals surface area contributed by atoms with Gasteiger partial charge in [0.2, 0.25) is 12.2 Å². The van der Waals surface area contributed by atoms with Crippen LogP contribution in [0.2, 0.25) is 0 Å². The van der Waals surface area contributed by atoms with Crippen LogP contribution < -0.4 is 5.73 Å². The predicted molar refractivity (Wildman–Crippen MR) is 40.2 cm³/mol. The molecule has 0 heterocycles. The third kappa shape index (κ3) is 2.35. The van der Waals surface area contributed by atoms with Gasteiger partial charge in [0.1, 0.15) is 0 Å². The number of nitrogens with two attached hydrogens (primary N) is 1. The molecule has 0 unspecified atom stereocenters. The molecule has 0 aromatic carbocycles. The third-order valence-corrected chi connectivity index (χ3v) is 1.25. The average molecular weight is 140 g/mol. The normalized spacial score (nSPS) is 10.7. The molecule has 0 saturated heterocycles. The Labute approximate surface area is 61.0 Å². The molecular weight excluding hydrogens is 128 g/mol. The van der Waals surface area contributed by atoms with Crippen LogP contribution in [0.15, 0.2) is 4.99 Å². The first-order chi connectivity index (χ1) is 4.76. The lowest BCUT2D eigenvalue weighted by molar-refractivity contribution is 0.460. The van der Waals surface area contributed by atoms with Gasteiger partial charge in [-0.15, -0.1) is 4.99 Å². The maximum absolute atomic E-state index is 8.13. The van der Waals surface area contributed by atoms with E-state index in [1.807, 2.05) is 18.7 Å². The monoisotopic (exact) mass is 140 g/mol. The van der Waals surface area contributed by atoms with Crippen molar-refractivity contribution in [3.63, 3.8) is 0 Å².